The predicted molar refractivity (Wildman–Crippen MR) is 155 cm³/mol. The molecule has 0 radical (unpaired) electrons. The number of aliphatic hydroxyl groups excluding tert-OH is 1. The van der Waals surface area contributed by atoms with Gasteiger partial charge in [0.1, 0.15) is 35.7 Å². The first-order valence-electron chi connectivity index (χ1n) is 15.0. The fourth-order valence-corrected chi connectivity index (χ4v) is 7.55. The largest absolute Gasteiger partial charge is 0.456 e. The molecule has 1 saturated carbocycles. The van der Waals surface area contributed by atoms with Crippen LogP contribution in [0.15, 0.2) is 42.1 Å². The van der Waals surface area contributed by atoms with E-state index < -0.39 is 84.1 Å². The minimum absolute atomic E-state index is 0.181. The number of nitrogens with one attached hydrogen (secondary N) is 3. The Hall–Kier alpha value is -3.88. The summed E-state index contributed by atoms with van der Waals surface area (Å²) in [6.07, 6.45) is 0.750. The third-order valence-corrected chi connectivity index (χ3v) is 9.67. The third-order valence-electron chi connectivity index (χ3n) is 9.67. The molecule has 14 heteroatoms. The van der Waals surface area contributed by atoms with Crippen LogP contribution in [0, 0.1) is 29.6 Å². The summed E-state index contributed by atoms with van der Waals surface area (Å²) in [5, 5.41) is 11.8. The van der Waals surface area contributed by atoms with Crippen LogP contribution in [0.2, 0.25) is 0 Å². The number of amides is 2. The van der Waals surface area contributed by atoms with E-state index in [4.69, 9.17) is 23.7 Å². The Morgan fingerprint density at radius 1 is 1.16 bits per heavy atom. The molecule has 2 aliphatic heterocycles. The molecule has 45 heavy (non-hydrogen) atoms. The van der Waals surface area contributed by atoms with E-state index in [0.29, 0.717) is 5.69 Å². The van der Waals surface area contributed by atoms with Gasteiger partial charge in [-0.05, 0) is 38.0 Å². The maximum absolute atomic E-state index is 13.5. The molecule has 5 rings (SSSR count). The van der Waals surface area contributed by atoms with Crippen LogP contribution in [-0.4, -0.2) is 90.7 Å². The number of ether oxygens (including phenoxy) is 6. The predicted octanol–water partition coefficient (Wildman–Crippen LogP) is 2.41. The molecule has 4 N–H and O–H groups in total. The van der Waals surface area contributed by atoms with Crippen LogP contribution in [0.3, 0.4) is 0 Å². The summed E-state index contributed by atoms with van der Waals surface area (Å²) >= 11 is 0. The van der Waals surface area contributed by atoms with Crippen LogP contribution in [0.4, 0.5) is 9.59 Å². The molecule has 12 atom stereocenters. The van der Waals surface area contributed by atoms with Crippen LogP contribution >= 0.6 is 0 Å². The molecule has 2 aliphatic carbocycles. The first-order chi connectivity index (χ1) is 21.4. The Morgan fingerprint density at radius 2 is 1.89 bits per heavy atom. The summed E-state index contributed by atoms with van der Waals surface area (Å²) in [4.78, 5) is 53.0. The Balaban J connectivity index is 1.48. The second kappa shape index (κ2) is 12.9. The number of cyclic esters (lactones) is 1. The fourth-order valence-electron chi connectivity index (χ4n) is 7.55. The molecule has 1 saturated heterocycles. The number of aromatic nitrogens is 1. The van der Waals surface area contributed by atoms with Crippen molar-refractivity contribution in [3.05, 3.63) is 47.8 Å². The fraction of sp³-hybridized carbons (Fsp3) is 0.613. The molecular weight excluding hydrogens is 590 g/mol. The number of hydrogen-bond donors (Lipinski definition) is 4. The molecule has 1 aromatic rings. The van der Waals surface area contributed by atoms with E-state index in [-0.39, 0.29) is 18.3 Å². The number of H-pyrrole nitrogens is 1. The minimum atomic E-state index is -1.05. The smallest absolute Gasteiger partial charge is 0.426 e. The maximum atomic E-state index is 13.5. The molecule has 2 unspecified atom stereocenters. The molecule has 0 aromatic carbocycles. The zero-order chi connectivity index (χ0) is 32.6. The number of esters is 2. The summed E-state index contributed by atoms with van der Waals surface area (Å²) in [5.74, 6) is -3.17. The number of hydrazine groups is 1. The van der Waals surface area contributed by atoms with Crippen molar-refractivity contribution < 1.29 is 52.7 Å². The topological polar surface area (TPSA) is 184 Å². The van der Waals surface area contributed by atoms with Gasteiger partial charge in [-0.2, -0.15) is 0 Å². The molecule has 14 nitrogen and oxygen atoms in total. The summed E-state index contributed by atoms with van der Waals surface area (Å²) in [5.41, 5.74) is 4.13. The Labute approximate surface area is 260 Å². The van der Waals surface area contributed by atoms with Gasteiger partial charge in [0.2, 0.25) is 0 Å². The molecule has 1 spiro atoms. The highest BCUT2D eigenvalue weighted by atomic mass is 16.6. The molecule has 246 valence electrons. The van der Waals surface area contributed by atoms with Gasteiger partial charge in [0, 0.05) is 42.9 Å². The lowest BCUT2D eigenvalue weighted by Gasteiger charge is -2.48. The van der Waals surface area contributed by atoms with E-state index in [1.54, 1.807) is 25.3 Å². The highest BCUT2D eigenvalue weighted by molar-refractivity contribution is 5.87. The second-order valence-corrected chi connectivity index (χ2v) is 12.2. The van der Waals surface area contributed by atoms with E-state index >= 15 is 0 Å². The van der Waals surface area contributed by atoms with Crippen LogP contribution in [-0.2, 0) is 33.2 Å². The summed E-state index contributed by atoms with van der Waals surface area (Å²) < 4.78 is 34.3. The SMILES string of the molecule is COC(=O)NNC(=O)O[C@H](C)[C@H]1OC(=O)[C@@H](OC)C[C@H]2C=CC3C4[C@H](O)[C@@H](C)[C@@H](OC(=O)c5ccc[nH]5)[C@@H]3O[C@]42/C(C)=C/[C@H]1C. The quantitative estimate of drug-likeness (QED) is 0.162. The Morgan fingerprint density at radius 3 is 2.56 bits per heavy atom. The lowest BCUT2D eigenvalue weighted by Crippen LogP contribution is -2.57. The minimum Gasteiger partial charge on any atom is -0.456 e. The van der Waals surface area contributed by atoms with Crippen LogP contribution in [0.5, 0.6) is 0 Å². The first kappa shape index (κ1) is 32.5. The van der Waals surface area contributed by atoms with Crippen molar-refractivity contribution in [1.29, 1.82) is 0 Å². The number of rotatable bonds is 5. The van der Waals surface area contributed by atoms with Gasteiger partial charge in [0.25, 0.3) is 0 Å². The monoisotopic (exact) mass is 631 g/mol. The number of carbonyl (C=O) groups excluding carboxylic acids is 4. The van der Waals surface area contributed by atoms with E-state index in [1.165, 1.54) is 7.11 Å². The van der Waals surface area contributed by atoms with Crippen molar-refractivity contribution >= 4 is 24.1 Å². The summed E-state index contributed by atoms with van der Waals surface area (Å²) in [6, 6.07) is 3.33. The summed E-state index contributed by atoms with van der Waals surface area (Å²) in [6.45, 7) is 7.15. The van der Waals surface area contributed by atoms with Gasteiger partial charge in [-0.1, -0.05) is 32.1 Å². The van der Waals surface area contributed by atoms with Crippen molar-refractivity contribution in [3.63, 3.8) is 0 Å². The van der Waals surface area contributed by atoms with Crippen LogP contribution < -0.4 is 10.9 Å². The van der Waals surface area contributed by atoms with Crippen LogP contribution in [0.25, 0.3) is 0 Å². The summed E-state index contributed by atoms with van der Waals surface area (Å²) in [7, 11) is 2.55. The number of carbonyl (C=O) groups is 4. The average Bonchev–Trinajstić information content (AvgIpc) is 3.62. The van der Waals surface area contributed by atoms with Gasteiger partial charge in [-0.15, -0.1) is 0 Å². The standard InChI is InChI=1S/C31H41N3O11/c1-14-12-15(2)31-18(13-21(40-5)28(37)43-24(14)17(4)42-30(39)34-33-29(38)41-6)9-10-19-22(31)23(35)16(3)25(26(19)45-31)44-27(36)20-8-7-11-32-20/h7-12,14,16-19,21-26,32,35H,13H2,1-6H3,(H,33,38)(H,34,39)/b15-12+/t14-,16-,17-,18-,19?,21+,22?,23-,24+,25-,26-,31+/m1/s1. The van der Waals surface area contributed by atoms with Crippen molar-refractivity contribution in [2.45, 2.75) is 76.3 Å². The lowest BCUT2D eigenvalue weighted by atomic mass is 9.57. The van der Waals surface area contributed by atoms with Gasteiger partial charge in [0.15, 0.2) is 6.10 Å². The molecule has 3 heterocycles. The zero-order valence-corrected chi connectivity index (χ0v) is 26.1. The van der Waals surface area contributed by atoms with Crippen LogP contribution in [0.1, 0.15) is 44.6 Å². The van der Waals surface area contributed by atoms with Gasteiger partial charge >= 0.3 is 24.1 Å². The number of methoxy groups -OCH3 is 2. The Kier molecular flexibility index (Phi) is 9.28. The van der Waals surface area contributed by atoms with Gasteiger partial charge in [-0.25, -0.2) is 30.0 Å². The number of hydrogen-bond acceptors (Lipinski definition) is 11. The van der Waals surface area contributed by atoms with Crippen molar-refractivity contribution in [2.24, 2.45) is 29.6 Å². The first-order valence-corrected chi connectivity index (χ1v) is 15.0. The van der Waals surface area contributed by atoms with Gasteiger partial charge < -0.3 is 38.5 Å². The van der Waals surface area contributed by atoms with Gasteiger partial charge in [-0.3, -0.25) is 0 Å². The molecule has 1 aromatic heterocycles. The lowest BCUT2D eigenvalue weighted by molar-refractivity contribution is -0.172. The van der Waals surface area contributed by atoms with Crippen molar-refractivity contribution in [1.82, 2.24) is 15.8 Å². The number of aliphatic hydroxyl groups is 1. The third kappa shape index (κ3) is 5.82. The zero-order valence-electron chi connectivity index (χ0n) is 26.1. The van der Waals surface area contributed by atoms with E-state index in [1.807, 2.05) is 44.4 Å². The van der Waals surface area contributed by atoms with E-state index in [9.17, 15) is 24.3 Å². The Bertz CT molecular complexity index is 1350. The van der Waals surface area contributed by atoms with E-state index in [2.05, 4.69) is 15.1 Å². The average molecular weight is 632 g/mol. The maximum Gasteiger partial charge on any atom is 0.426 e. The highest BCUT2D eigenvalue weighted by Gasteiger charge is 2.69. The normalized spacial score (nSPS) is 38.8. The molecule has 2 fully saturated rings. The van der Waals surface area contributed by atoms with E-state index in [0.717, 1.165) is 12.7 Å². The molecule has 4 aliphatic rings. The van der Waals surface area contributed by atoms with Crippen molar-refractivity contribution in [2.75, 3.05) is 14.2 Å². The van der Waals surface area contributed by atoms with Gasteiger partial charge in [0.05, 0.1) is 13.2 Å². The number of aromatic amines is 1. The second-order valence-electron chi connectivity index (χ2n) is 12.2. The highest BCUT2D eigenvalue weighted by Crippen LogP contribution is 2.61. The molecular formula is C31H41N3O11. The van der Waals surface area contributed by atoms with Crippen molar-refractivity contribution in [3.8, 4) is 0 Å². The molecule has 4 bridgehead atoms. The molecule has 2 amide bonds.